The molecule has 1 rings (SSSR count). The fourth-order valence-corrected chi connectivity index (χ4v) is 8.56. The second-order valence-electron chi connectivity index (χ2n) is 5.01. The highest BCUT2D eigenvalue weighted by Crippen LogP contribution is 2.63. The molecule has 0 amide bonds. The highest BCUT2D eigenvalue weighted by Gasteiger charge is 2.43. The molecular formula is C9H18Br2NP. The molecule has 0 bridgehead atoms. The summed E-state index contributed by atoms with van der Waals surface area (Å²) in [4.78, 5) is 0. The maximum absolute atomic E-state index is 3.69. The minimum absolute atomic E-state index is 0.320. The van der Waals surface area contributed by atoms with Crippen molar-refractivity contribution in [1.29, 1.82) is 0 Å². The van der Waals surface area contributed by atoms with Crippen LogP contribution in [0.25, 0.3) is 0 Å². The summed E-state index contributed by atoms with van der Waals surface area (Å²) in [6.07, 6.45) is 3.94. The third-order valence-electron chi connectivity index (χ3n) is 2.88. The summed E-state index contributed by atoms with van der Waals surface area (Å²) in [5, 5.41) is 0. The van der Waals surface area contributed by atoms with Gasteiger partial charge in [-0.25, -0.2) is 0 Å². The van der Waals surface area contributed by atoms with Crippen molar-refractivity contribution in [1.82, 2.24) is 4.67 Å². The van der Waals surface area contributed by atoms with Crippen molar-refractivity contribution < 1.29 is 0 Å². The standard InChI is InChI=1S/C9H18Br2NP/c1-8(2)6-5-7-9(3,4)12(8)13(10)11/h5-7H2,1-4H3. The number of rotatable bonds is 1. The smallest absolute Gasteiger partial charge is 0.108 e. The molecule has 1 aliphatic rings. The molecular weight excluding hydrogens is 313 g/mol. The molecule has 0 N–H and O–H groups in total. The van der Waals surface area contributed by atoms with Gasteiger partial charge in [0.05, 0.1) is 0 Å². The molecule has 78 valence electrons. The number of piperidine rings is 1. The van der Waals surface area contributed by atoms with Crippen LogP contribution in [-0.2, 0) is 0 Å². The van der Waals surface area contributed by atoms with Crippen LogP contribution in [0.5, 0.6) is 0 Å². The van der Waals surface area contributed by atoms with Crippen molar-refractivity contribution in [2.45, 2.75) is 58.0 Å². The molecule has 0 atom stereocenters. The van der Waals surface area contributed by atoms with Gasteiger partial charge in [-0.2, -0.15) is 0 Å². The average molecular weight is 331 g/mol. The molecule has 0 saturated carbocycles. The first-order valence-electron chi connectivity index (χ1n) is 4.69. The highest BCUT2D eigenvalue weighted by molar-refractivity contribution is 9.69. The lowest BCUT2D eigenvalue weighted by Crippen LogP contribution is -2.54. The molecule has 13 heavy (non-hydrogen) atoms. The molecule has 0 aromatic rings. The van der Waals surface area contributed by atoms with Crippen LogP contribution in [0, 0.1) is 0 Å². The van der Waals surface area contributed by atoms with E-state index in [4.69, 9.17) is 0 Å². The zero-order valence-corrected chi connectivity index (χ0v) is 12.8. The minimum Gasteiger partial charge on any atom is -0.254 e. The summed E-state index contributed by atoms with van der Waals surface area (Å²) in [6.45, 7) is 9.36. The Morgan fingerprint density at radius 2 is 1.38 bits per heavy atom. The SMILES string of the molecule is CC1(C)CCCC(C)(C)N1P(Br)Br. The van der Waals surface area contributed by atoms with Crippen molar-refractivity contribution in [3.8, 4) is 0 Å². The third-order valence-corrected chi connectivity index (χ3v) is 6.16. The van der Waals surface area contributed by atoms with Gasteiger partial charge in [0.15, 0.2) is 0 Å². The number of hydrogen-bond donors (Lipinski definition) is 0. The van der Waals surface area contributed by atoms with Crippen LogP contribution in [0.4, 0.5) is 0 Å². The summed E-state index contributed by atoms with van der Waals surface area (Å²) in [7, 11) is 0. The van der Waals surface area contributed by atoms with Gasteiger partial charge in [0.25, 0.3) is 0 Å². The Morgan fingerprint density at radius 1 is 1.00 bits per heavy atom. The van der Waals surface area contributed by atoms with Crippen molar-refractivity contribution in [2.75, 3.05) is 0 Å². The number of nitrogens with zero attached hydrogens (tertiary/aromatic N) is 1. The monoisotopic (exact) mass is 329 g/mol. The predicted molar refractivity (Wildman–Crippen MR) is 68.6 cm³/mol. The van der Waals surface area contributed by atoms with Crippen LogP contribution in [0.1, 0.15) is 47.0 Å². The van der Waals surface area contributed by atoms with Crippen LogP contribution in [0.15, 0.2) is 0 Å². The van der Waals surface area contributed by atoms with Gasteiger partial charge in [0, 0.05) is 11.1 Å². The third kappa shape index (κ3) is 2.68. The zero-order chi connectivity index (χ0) is 10.3. The van der Waals surface area contributed by atoms with Crippen molar-refractivity contribution >= 4 is 36.5 Å². The van der Waals surface area contributed by atoms with E-state index in [-0.39, 0.29) is 5.48 Å². The minimum atomic E-state index is -0.336. The lowest BCUT2D eigenvalue weighted by atomic mass is 9.83. The second kappa shape index (κ2) is 4.08. The molecule has 0 aliphatic carbocycles. The molecule has 0 spiro atoms. The van der Waals surface area contributed by atoms with E-state index in [9.17, 15) is 0 Å². The maximum Gasteiger partial charge on any atom is 0.108 e. The fraction of sp³-hybridized carbons (Fsp3) is 1.00. The van der Waals surface area contributed by atoms with Gasteiger partial charge in [0.1, 0.15) is 5.48 Å². The number of halogens is 2. The van der Waals surface area contributed by atoms with E-state index < -0.39 is 0 Å². The Labute approximate surface area is 98.9 Å². The molecule has 1 fully saturated rings. The highest BCUT2D eigenvalue weighted by atomic mass is 79.9. The summed E-state index contributed by atoms with van der Waals surface area (Å²) in [5.41, 5.74) is 0.304. The average Bonchev–Trinajstić information content (AvgIpc) is 1.79. The first-order valence-corrected chi connectivity index (χ1v) is 10.0. The quantitative estimate of drug-likeness (QED) is 0.608. The van der Waals surface area contributed by atoms with Crippen LogP contribution in [-0.4, -0.2) is 15.7 Å². The van der Waals surface area contributed by atoms with Crippen molar-refractivity contribution in [3.05, 3.63) is 0 Å². The molecule has 0 aromatic carbocycles. The predicted octanol–water partition coefficient (Wildman–Crippen LogP) is 5.05. The Balaban J connectivity index is 2.91. The van der Waals surface area contributed by atoms with Crippen molar-refractivity contribution in [2.24, 2.45) is 0 Å². The molecule has 0 aromatic heterocycles. The molecule has 1 heterocycles. The van der Waals surface area contributed by atoms with Crippen LogP contribution in [0.2, 0.25) is 0 Å². The Hall–Kier alpha value is 1.35. The molecule has 4 heteroatoms. The Bertz CT molecular complexity index is 176. The second-order valence-corrected chi connectivity index (χ2v) is 12.7. The van der Waals surface area contributed by atoms with Gasteiger partial charge in [-0.1, -0.05) is 0 Å². The van der Waals surface area contributed by atoms with Gasteiger partial charge in [-0.15, -0.1) is 0 Å². The zero-order valence-electron chi connectivity index (χ0n) is 8.77. The van der Waals surface area contributed by atoms with Crippen molar-refractivity contribution in [3.63, 3.8) is 0 Å². The fourth-order valence-electron chi connectivity index (χ4n) is 2.39. The van der Waals surface area contributed by atoms with E-state index in [0.717, 1.165) is 0 Å². The van der Waals surface area contributed by atoms with Gasteiger partial charge < -0.3 is 0 Å². The summed E-state index contributed by atoms with van der Waals surface area (Å²) >= 11 is 7.39. The van der Waals surface area contributed by atoms with Gasteiger partial charge in [0.2, 0.25) is 0 Å². The molecule has 0 unspecified atom stereocenters. The maximum atomic E-state index is 3.69. The van der Waals surface area contributed by atoms with E-state index >= 15 is 0 Å². The van der Waals surface area contributed by atoms with E-state index in [1.807, 2.05) is 0 Å². The summed E-state index contributed by atoms with van der Waals surface area (Å²) < 4.78 is 2.58. The first-order chi connectivity index (χ1) is 5.77. The normalized spacial score (nSPS) is 27.9. The lowest BCUT2D eigenvalue weighted by Gasteiger charge is -2.53. The van der Waals surface area contributed by atoms with Crippen LogP contribution >= 0.6 is 36.5 Å². The van der Waals surface area contributed by atoms with Gasteiger partial charge in [-0.05, 0) is 77.9 Å². The summed E-state index contributed by atoms with van der Waals surface area (Å²) in [6, 6.07) is 0. The first kappa shape index (κ1) is 12.4. The van der Waals surface area contributed by atoms with Gasteiger partial charge >= 0.3 is 0 Å². The van der Waals surface area contributed by atoms with Gasteiger partial charge in [-0.3, -0.25) is 4.67 Å². The topological polar surface area (TPSA) is 3.24 Å². The molecule has 1 nitrogen and oxygen atoms in total. The Kier molecular flexibility index (Phi) is 3.89. The van der Waals surface area contributed by atoms with E-state index in [1.54, 1.807) is 0 Å². The molecule has 0 radical (unpaired) electrons. The largest absolute Gasteiger partial charge is 0.254 e. The van der Waals surface area contributed by atoms with E-state index in [2.05, 4.69) is 63.3 Å². The molecule has 1 saturated heterocycles. The van der Waals surface area contributed by atoms with Crippen LogP contribution in [0.3, 0.4) is 0 Å². The Morgan fingerprint density at radius 3 is 1.62 bits per heavy atom. The number of hydrogen-bond acceptors (Lipinski definition) is 1. The summed E-state index contributed by atoms with van der Waals surface area (Å²) in [5.74, 6) is 0. The lowest BCUT2D eigenvalue weighted by molar-refractivity contribution is 0.0650. The molecule has 1 aliphatic heterocycles. The van der Waals surface area contributed by atoms with E-state index in [0.29, 0.717) is 11.1 Å². The van der Waals surface area contributed by atoms with E-state index in [1.165, 1.54) is 19.3 Å². The van der Waals surface area contributed by atoms with Crippen LogP contribution < -0.4 is 0 Å².